The fraction of sp³-hybridized carbons (Fsp3) is 0.312. The maximum absolute atomic E-state index is 13.7. The first-order valence-electron chi connectivity index (χ1n) is 13.8. The molecule has 2 aliphatic heterocycles. The summed E-state index contributed by atoms with van der Waals surface area (Å²) in [6.07, 6.45) is 4.17. The van der Waals surface area contributed by atoms with Gasteiger partial charge in [0.15, 0.2) is 0 Å². The largest absolute Gasteiger partial charge is 0.507 e. The van der Waals surface area contributed by atoms with Gasteiger partial charge >= 0.3 is 7.12 Å². The Morgan fingerprint density at radius 1 is 1.02 bits per heavy atom. The van der Waals surface area contributed by atoms with Crippen molar-refractivity contribution in [3.63, 3.8) is 0 Å². The number of carbonyl (C=O) groups is 2. The molecule has 2 heterocycles. The Kier molecular flexibility index (Phi) is 6.86. The number of imide groups is 1. The molecule has 3 N–H and O–H groups in total. The van der Waals surface area contributed by atoms with Gasteiger partial charge in [0, 0.05) is 11.3 Å². The zero-order chi connectivity index (χ0) is 28.1. The quantitative estimate of drug-likeness (QED) is 0.250. The summed E-state index contributed by atoms with van der Waals surface area (Å²) in [7, 11) is -1.68. The molecule has 3 aromatic rings. The highest BCUT2D eigenvalue weighted by Gasteiger charge is 2.56. The van der Waals surface area contributed by atoms with Crippen LogP contribution in [-0.4, -0.2) is 46.8 Å². The van der Waals surface area contributed by atoms with Gasteiger partial charge in [0.25, 0.3) is 0 Å². The number of fused-ring (bicyclic) bond motifs is 4. The summed E-state index contributed by atoms with van der Waals surface area (Å²) in [6, 6.07) is 17.8. The summed E-state index contributed by atoms with van der Waals surface area (Å²) in [5, 5.41) is 31.2. The van der Waals surface area contributed by atoms with Crippen molar-refractivity contribution in [2.24, 2.45) is 17.8 Å². The van der Waals surface area contributed by atoms with Crippen LogP contribution in [0.2, 0.25) is 0 Å². The third kappa shape index (κ3) is 4.46. The molecule has 4 atom stereocenters. The molecule has 0 bridgehead atoms. The van der Waals surface area contributed by atoms with Crippen molar-refractivity contribution >= 4 is 46.9 Å². The predicted octanol–water partition coefficient (Wildman–Crippen LogP) is 3.95. The van der Waals surface area contributed by atoms with E-state index in [4.69, 9.17) is 4.74 Å². The number of rotatable bonds is 6. The molecule has 3 aromatic carbocycles. The molecular formula is C32H32BNO6. The maximum Gasteiger partial charge on any atom is 0.488 e. The number of anilines is 1. The van der Waals surface area contributed by atoms with E-state index in [1.165, 1.54) is 16.5 Å². The van der Waals surface area contributed by atoms with Gasteiger partial charge in [-0.1, -0.05) is 59.7 Å². The number of carbonyl (C=O) groups excluding carboxylic acids is 2. The Bertz CT molecular complexity index is 1580. The summed E-state index contributed by atoms with van der Waals surface area (Å²) in [5.41, 5.74) is 5.14. The number of hydrogen-bond acceptors (Lipinski definition) is 6. The van der Waals surface area contributed by atoms with Crippen molar-refractivity contribution in [2.75, 3.05) is 11.5 Å². The van der Waals surface area contributed by atoms with Gasteiger partial charge in [-0.05, 0) is 73.3 Å². The minimum absolute atomic E-state index is 0.101. The average molecular weight is 537 g/mol. The lowest BCUT2D eigenvalue weighted by molar-refractivity contribution is -0.122. The van der Waals surface area contributed by atoms with E-state index in [1.54, 1.807) is 24.3 Å². The number of nitrogens with zero attached hydrogens (tertiary/aromatic N) is 1. The third-order valence-corrected chi connectivity index (χ3v) is 8.72. The number of hydrogen-bond donors (Lipinski definition) is 3. The van der Waals surface area contributed by atoms with Crippen LogP contribution in [0.25, 0.3) is 16.8 Å². The van der Waals surface area contributed by atoms with Crippen LogP contribution < -0.4 is 10.4 Å². The van der Waals surface area contributed by atoms with Gasteiger partial charge < -0.3 is 19.9 Å². The maximum atomic E-state index is 13.7. The molecule has 7 nitrogen and oxygen atoms in total. The Morgan fingerprint density at radius 2 is 1.80 bits per heavy atom. The summed E-state index contributed by atoms with van der Waals surface area (Å²) >= 11 is 0. The summed E-state index contributed by atoms with van der Waals surface area (Å²) in [5.74, 6) is -1.25. The van der Waals surface area contributed by atoms with E-state index < -0.39 is 19.0 Å². The topological polar surface area (TPSA) is 107 Å². The molecule has 1 aliphatic carbocycles. The zero-order valence-corrected chi connectivity index (χ0v) is 22.6. The highest BCUT2D eigenvalue weighted by molar-refractivity contribution is 6.58. The van der Waals surface area contributed by atoms with E-state index in [0.29, 0.717) is 18.7 Å². The van der Waals surface area contributed by atoms with Crippen molar-refractivity contribution < 1.29 is 29.5 Å². The van der Waals surface area contributed by atoms with Gasteiger partial charge in [0.2, 0.25) is 11.8 Å². The van der Waals surface area contributed by atoms with Crippen molar-refractivity contribution in [1.82, 2.24) is 0 Å². The van der Waals surface area contributed by atoms with Crippen LogP contribution >= 0.6 is 0 Å². The van der Waals surface area contributed by atoms with Crippen molar-refractivity contribution in [1.29, 1.82) is 0 Å². The minimum Gasteiger partial charge on any atom is -0.507 e. The van der Waals surface area contributed by atoms with Crippen LogP contribution in [-0.2, 0) is 14.3 Å². The van der Waals surface area contributed by atoms with Crippen LogP contribution in [0.3, 0.4) is 0 Å². The molecule has 0 unspecified atom stereocenters. The molecule has 40 heavy (non-hydrogen) atoms. The van der Waals surface area contributed by atoms with Crippen LogP contribution in [0.15, 0.2) is 77.4 Å². The van der Waals surface area contributed by atoms with E-state index in [1.807, 2.05) is 30.3 Å². The number of phenols is 1. The Morgan fingerprint density at radius 3 is 2.58 bits per heavy atom. The first kappa shape index (κ1) is 26.5. The van der Waals surface area contributed by atoms with Crippen LogP contribution in [0, 0.1) is 17.8 Å². The van der Waals surface area contributed by atoms with Crippen molar-refractivity contribution in [3.05, 3.63) is 82.9 Å². The lowest BCUT2D eigenvalue weighted by Gasteiger charge is -2.30. The van der Waals surface area contributed by atoms with Crippen molar-refractivity contribution in [3.8, 4) is 5.75 Å². The number of aromatic hydroxyl groups is 1. The molecule has 0 aromatic heterocycles. The van der Waals surface area contributed by atoms with E-state index in [0.717, 1.165) is 40.3 Å². The van der Waals surface area contributed by atoms with E-state index >= 15 is 0 Å². The second-order valence-electron chi connectivity index (χ2n) is 11.2. The number of benzene rings is 3. The van der Waals surface area contributed by atoms with E-state index in [2.05, 4.69) is 19.9 Å². The highest BCUT2D eigenvalue weighted by atomic mass is 16.5. The Hall–Kier alpha value is -3.72. The monoisotopic (exact) mass is 537 g/mol. The number of allylic oxidation sites excluding steroid dienone is 2. The highest BCUT2D eigenvalue weighted by Crippen LogP contribution is 2.50. The number of amides is 2. The molecule has 0 radical (unpaired) electrons. The van der Waals surface area contributed by atoms with Crippen LogP contribution in [0.5, 0.6) is 5.75 Å². The lowest BCUT2D eigenvalue weighted by atomic mass is 9.70. The van der Waals surface area contributed by atoms with Crippen molar-refractivity contribution in [2.45, 2.75) is 39.2 Å². The van der Waals surface area contributed by atoms with Crippen LogP contribution in [0.4, 0.5) is 5.69 Å². The summed E-state index contributed by atoms with van der Waals surface area (Å²) in [6.45, 7) is 4.56. The SMILES string of the molecule is CC1=C2[C@@H](CC/C(C)=C/c3ccc(O)c4ccccc34)OC[C@@H]2[C@@H]2C(=O)N(c3cccc(B(O)O)c3)C(=O)[C@@H]2C1. The molecule has 8 heteroatoms. The lowest BCUT2D eigenvalue weighted by Crippen LogP contribution is -2.35. The molecule has 2 saturated heterocycles. The number of ether oxygens (including phenoxy) is 1. The standard InChI is InChI=1S/C32H32BNO6/c1-18(14-20-11-12-27(35)24-9-4-3-8-23(20)24)10-13-28-29-19(2)15-25-30(26(29)17-40-28)32(37)34(31(25)36)22-7-5-6-21(16-22)33(38)39/h3-9,11-12,14,16,25-26,28,30,35,38-39H,10,13,15,17H2,1-2H3/b18-14+/t25-,26+,28-,30-/m1/s1. The number of phenolic OH excluding ortho intramolecular Hbond substituents is 1. The first-order valence-corrected chi connectivity index (χ1v) is 13.8. The molecule has 2 fully saturated rings. The molecule has 204 valence electrons. The zero-order valence-electron chi connectivity index (χ0n) is 22.6. The third-order valence-electron chi connectivity index (χ3n) is 8.72. The molecule has 3 aliphatic rings. The van der Waals surface area contributed by atoms with E-state index in [-0.39, 0.29) is 35.0 Å². The Labute approximate surface area is 233 Å². The fourth-order valence-corrected chi connectivity index (χ4v) is 6.84. The van der Waals surface area contributed by atoms with E-state index in [9.17, 15) is 24.7 Å². The fourth-order valence-electron chi connectivity index (χ4n) is 6.84. The first-order chi connectivity index (χ1) is 19.2. The van der Waals surface area contributed by atoms with Gasteiger partial charge in [0.1, 0.15) is 5.75 Å². The molecule has 2 amide bonds. The van der Waals surface area contributed by atoms with Gasteiger partial charge in [-0.15, -0.1) is 0 Å². The Balaban J connectivity index is 1.20. The second-order valence-corrected chi connectivity index (χ2v) is 11.2. The molecule has 0 spiro atoms. The van der Waals surface area contributed by atoms with Gasteiger partial charge in [-0.25, -0.2) is 0 Å². The summed E-state index contributed by atoms with van der Waals surface area (Å²) in [4.78, 5) is 28.3. The van der Waals surface area contributed by atoms with Crippen LogP contribution in [0.1, 0.15) is 38.7 Å². The molecule has 6 rings (SSSR count). The minimum atomic E-state index is -1.68. The molecular weight excluding hydrogens is 505 g/mol. The predicted molar refractivity (Wildman–Crippen MR) is 155 cm³/mol. The average Bonchev–Trinajstić information content (AvgIpc) is 3.48. The van der Waals surface area contributed by atoms with Gasteiger partial charge in [-0.2, -0.15) is 0 Å². The summed E-state index contributed by atoms with van der Waals surface area (Å²) < 4.78 is 6.27. The molecule has 0 saturated carbocycles. The normalized spacial score (nSPS) is 24.6. The van der Waals surface area contributed by atoms with Gasteiger partial charge in [-0.3, -0.25) is 14.5 Å². The van der Waals surface area contributed by atoms with Gasteiger partial charge in [0.05, 0.1) is 30.2 Å². The smallest absolute Gasteiger partial charge is 0.488 e. The second kappa shape index (κ2) is 10.4.